The van der Waals surface area contributed by atoms with Gasteiger partial charge in [0.2, 0.25) is 0 Å². The summed E-state index contributed by atoms with van der Waals surface area (Å²) in [6.07, 6.45) is -4.42. The van der Waals surface area contributed by atoms with Crippen molar-refractivity contribution < 1.29 is 22.7 Å². The largest absolute Gasteiger partial charge is 0.416 e. The fourth-order valence-corrected chi connectivity index (χ4v) is 2.77. The van der Waals surface area contributed by atoms with Crippen molar-refractivity contribution in [2.45, 2.75) is 12.2 Å². The van der Waals surface area contributed by atoms with Gasteiger partial charge in [-0.3, -0.25) is 4.90 Å². The first kappa shape index (κ1) is 16.1. The molecule has 3 rings (SSSR count). The Hall–Kier alpha value is -1.80. The molecule has 1 aromatic carbocycles. The smallest absolute Gasteiger partial charge is 0.379 e. The Morgan fingerprint density at radius 1 is 1.22 bits per heavy atom. The normalized spacial score (nSPS) is 20.2. The van der Waals surface area contributed by atoms with Crippen LogP contribution in [0.3, 0.4) is 0 Å². The third-order valence-electron chi connectivity index (χ3n) is 4.15. The lowest BCUT2D eigenvalue weighted by Gasteiger charge is -2.46. The van der Waals surface area contributed by atoms with Crippen LogP contribution in [0, 0.1) is 0 Å². The summed E-state index contributed by atoms with van der Waals surface area (Å²) < 4.78 is 43.3. The van der Waals surface area contributed by atoms with Crippen molar-refractivity contribution in [1.82, 2.24) is 9.80 Å². The minimum Gasteiger partial charge on any atom is -0.379 e. The number of carbonyl (C=O) groups is 1. The highest BCUT2D eigenvalue weighted by molar-refractivity contribution is 5.90. The standard InChI is InChI=1S/C15H18F3N3O2/c16-15(17,18)11-2-1-3-12(8-11)19-14(22)21-9-13(10-21)20-4-6-23-7-5-20/h1-3,8,13H,4-7,9-10H2,(H,19,22). The molecule has 0 aromatic heterocycles. The fraction of sp³-hybridized carbons (Fsp3) is 0.533. The minimum absolute atomic E-state index is 0.152. The number of likely N-dealkylation sites (tertiary alicyclic amines) is 1. The van der Waals surface area contributed by atoms with Crippen molar-refractivity contribution in [3.63, 3.8) is 0 Å². The summed E-state index contributed by atoms with van der Waals surface area (Å²) in [5.41, 5.74) is -0.621. The number of ether oxygens (including phenoxy) is 1. The summed E-state index contributed by atoms with van der Waals surface area (Å²) in [5.74, 6) is 0. The van der Waals surface area contributed by atoms with E-state index in [1.54, 1.807) is 4.90 Å². The van der Waals surface area contributed by atoms with E-state index in [9.17, 15) is 18.0 Å². The molecule has 2 fully saturated rings. The first-order valence-corrected chi connectivity index (χ1v) is 7.48. The van der Waals surface area contributed by atoms with Crippen LogP contribution in [0.4, 0.5) is 23.7 Å². The number of hydrogen-bond acceptors (Lipinski definition) is 3. The van der Waals surface area contributed by atoms with E-state index in [1.807, 2.05) is 0 Å². The molecule has 0 aliphatic carbocycles. The predicted molar refractivity (Wildman–Crippen MR) is 78.2 cm³/mol. The molecule has 2 saturated heterocycles. The summed E-state index contributed by atoms with van der Waals surface area (Å²) in [4.78, 5) is 15.9. The van der Waals surface area contributed by atoms with Crippen molar-refractivity contribution in [2.75, 3.05) is 44.7 Å². The van der Waals surface area contributed by atoms with E-state index in [2.05, 4.69) is 10.2 Å². The second kappa shape index (κ2) is 6.37. The highest BCUT2D eigenvalue weighted by atomic mass is 19.4. The van der Waals surface area contributed by atoms with Gasteiger partial charge >= 0.3 is 12.2 Å². The summed E-state index contributed by atoms with van der Waals surface area (Å²) >= 11 is 0. The number of anilines is 1. The predicted octanol–water partition coefficient (Wildman–Crippen LogP) is 2.25. The van der Waals surface area contributed by atoms with Gasteiger partial charge in [-0.1, -0.05) is 6.07 Å². The van der Waals surface area contributed by atoms with Crippen molar-refractivity contribution in [2.24, 2.45) is 0 Å². The topological polar surface area (TPSA) is 44.8 Å². The van der Waals surface area contributed by atoms with E-state index < -0.39 is 11.7 Å². The van der Waals surface area contributed by atoms with E-state index in [1.165, 1.54) is 12.1 Å². The first-order valence-electron chi connectivity index (χ1n) is 7.48. The van der Waals surface area contributed by atoms with Gasteiger partial charge in [-0.25, -0.2) is 4.79 Å². The lowest BCUT2D eigenvalue weighted by Crippen LogP contribution is -2.63. The average Bonchev–Trinajstić information content (AvgIpc) is 2.46. The van der Waals surface area contributed by atoms with Gasteiger partial charge in [0.1, 0.15) is 0 Å². The molecule has 126 valence electrons. The first-order chi connectivity index (χ1) is 10.9. The van der Waals surface area contributed by atoms with E-state index in [0.717, 1.165) is 25.2 Å². The molecule has 5 nitrogen and oxygen atoms in total. The van der Waals surface area contributed by atoms with Crippen LogP contribution in [0.25, 0.3) is 0 Å². The number of amides is 2. The van der Waals surface area contributed by atoms with Crippen molar-refractivity contribution in [1.29, 1.82) is 0 Å². The Labute approximate surface area is 132 Å². The number of alkyl halides is 3. The zero-order valence-corrected chi connectivity index (χ0v) is 12.5. The summed E-state index contributed by atoms with van der Waals surface area (Å²) in [6.45, 7) is 4.29. The second-order valence-corrected chi connectivity index (χ2v) is 5.72. The number of nitrogens with zero attached hydrogens (tertiary/aromatic N) is 2. The third kappa shape index (κ3) is 3.76. The van der Waals surface area contributed by atoms with Gasteiger partial charge in [0.05, 0.1) is 18.8 Å². The molecule has 0 radical (unpaired) electrons. The van der Waals surface area contributed by atoms with Gasteiger partial charge < -0.3 is 15.0 Å². The zero-order chi connectivity index (χ0) is 16.4. The summed E-state index contributed by atoms with van der Waals surface area (Å²) in [7, 11) is 0. The van der Waals surface area contributed by atoms with Gasteiger partial charge in [-0.2, -0.15) is 13.2 Å². The molecular weight excluding hydrogens is 311 g/mol. The molecule has 2 aliphatic rings. The fourth-order valence-electron chi connectivity index (χ4n) is 2.77. The van der Waals surface area contributed by atoms with Gasteiger partial charge in [0.25, 0.3) is 0 Å². The summed E-state index contributed by atoms with van der Waals surface area (Å²) in [5, 5.41) is 2.52. The number of hydrogen-bond donors (Lipinski definition) is 1. The molecule has 0 saturated carbocycles. The molecule has 1 aromatic rings. The lowest BCUT2D eigenvalue weighted by atomic mass is 10.1. The third-order valence-corrected chi connectivity index (χ3v) is 4.15. The Morgan fingerprint density at radius 3 is 2.57 bits per heavy atom. The number of urea groups is 1. The van der Waals surface area contributed by atoms with Crippen LogP contribution >= 0.6 is 0 Å². The van der Waals surface area contributed by atoms with Crippen LogP contribution in [0.15, 0.2) is 24.3 Å². The molecule has 2 heterocycles. The Morgan fingerprint density at radius 2 is 1.91 bits per heavy atom. The number of halogens is 3. The molecule has 8 heteroatoms. The number of benzene rings is 1. The van der Waals surface area contributed by atoms with Crippen molar-refractivity contribution in [3.05, 3.63) is 29.8 Å². The van der Waals surface area contributed by atoms with Crippen molar-refractivity contribution >= 4 is 11.7 Å². The number of morpholine rings is 1. The monoisotopic (exact) mass is 329 g/mol. The van der Waals surface area contributed by atoms with Crippen LogP contribution < -0.4 is 5.32 Å². The maximum atomic E-state index is 12.7. The molecular formula is C15H18F3N3O2. The van der Waals surface area contributed by atoms with E-state index >= 15 is 0 Å². The Bertz CT molecular complexity index is 567. The maximum absolute atomic E-state index is 12.7. The lowest BCUT2D eigenvalue weighted by molar-refractivity contribution is -0.137. The number of carbonyl (C=O) groups excluding carboxylic acids is 1. The quantitative estimate of drug-likeness (QED) is 0.905. The van der Waals surface area contributed by atoms with Crippen LogP contribution in [-0.2, 0) is 10.9 Å². The van der Waals surface area contributed by atoms with Gasteiger partial charge in [0.15, 0.2) is 0 Å². The van der Waals surface area contributed by atoms with Crippen LogP contribution in [0.5, 0.6) is 0 Å². The van der Waals surface area contributed by atoms with E-state index in [4.69, 9.17) is 4.74 Å². The molecule has 2 aliphatic heterocycles. The van der Waals surface area contributed by atoms with Gasteiger partial charge in [-0.05, 0) is 18.2 Å². The van der Waals surface area contributed by atoms with E-state index in [-0.39, 0.29) is 11.7 Å². The SMILES string of the molecule is O=C(Nc1cccc(C(F)(F)F)c1)N1CC(N2CCOCC2)C1. The van der Waals surface area contributed by atoms with E-state index in [0.29, 0.717) is 32.3 Å². The number of nitrogens with one attached hydrogen (secondary N) is 1. The number of rotatable bonds is 2. The zero-order valence-electron chi connectivity index (χ0n) is 12.5. The molecule has 0 spiro atoms. The van der Waals surface area contributed by atoms with Gasteiger partial charge in [0, 0.05) is 37.9 Å². The molecule has 0 unspecified atom stereocenters. The molecule has 0 bridgehead atoms. The maximum Gasteiger partial charge on any atom is 0.416 e. The molecule has 2 amide bonds. The Balaban J connectivity index is 1.52. The average molecular weight is 329 g/mol. The Kier molecular flexibility index (Phi) is 4.45. The molecule has 1 N–H and O–H groups in total. The second-order valence-electron chi connectivity index (χ2n) is 5.72. The van der Waals surface area contributed by atoms with Crippen LogP contribution in [-0.4, -0.2) is 61.3 Å². The highest BCUT2D eigenvalue weighted by Gasteiger charge is 2.35. The van der Waals surface area contributed by atoms with Crippen molar-refractivity contribution in [3.8, 4) is 0 Å². The molecule has 0 atom stereocenters. The van der Waals surface area contributed by atoms with Crippen LogP contribution in [0.2, 0.25) is 0 Å². The van der Waals surface area contributed by atoms with Gasteiger partial charge in [-0.15, -0.1) is 0 Å². The minimum atomic E-state index is -4.42. The molecule has 23 heavy (non-hydrogen) atoms. The van der Waals surface area contributed by atoms with Crippen LogP contribution in [0.1, 0.15) is 5.56 Å². The summed E-state index contributed by atoms with van der Waals surface area (Å²) in [6, 6.07) is 4.60. The highest BCUT2D eigenvalue weighted by Crippen LogP contribution is 2.30.